The Morgan fingerprint density at radius 2 is 1.83 bits per heavy atom. The third kappa shape index (κ3) is 1.82. The van der Waals surface area contributed by atoms with Crippen LogP contribution in [0.1, 0.15) is 20.8 Å². The summed E-state index contributed by atoms with van der Waals surface area (Å²) in [5.74, 6) is -3.74. The van der Waals surface area contributed by atoms with Crippen molar-refractivity contribution in [3.05, 3.63) is 34.5 Å². The lowest BCUT2D eigenvalue weighted by atomic mass is 10.1. The number of pyridine rings is 1. The van der Waals surface area contributed by atoms with E-state index in [4.69, 9.17) is 21.8 Å². The van der Waals surface area contributed by atoms with E-state index in [1.165, 1.54) is 18.2 Å². The summed E-state index contributed by atoms with van der Waals surface area (Å²) in [4.78, 5) is 25.6. The first kappa shape index (κ1) is 12.1. The van der Waals surface area contributed by atoms with E-state index in [1.807, 2.05) is 0 Å². The normalized spacial score (nSPS) is 10.5. The molecular weight excluding hydrogens is 262 g/mol. The second-order valence-corrected chi connectivity index (χ2v) is 3.89. The highest BCUT2D eigenvalue weighted by Crippen LogP contribution is 2.31. The molecule has 0 radical (unpaired) electrons. The van der Waals surface area contributed by atoms with Crippen molar-refractivity contribution in [1.29, 1.82) is 0 Å². The SMILES string of the molecule is O=C(O)c1nc2cc(Cl)ccc2c(O)c1C(=O)O. The highest BCUT2D eigenvalue weighted by Gasteiger charge is 2.24. The molecule has 1 aromatic heterocycles. The number of fused-ring (bicyclic) bond motifs is 1. The van der Waals surface area contributed by atoms with Crippen LogP contribution in [0.4, 0.5) is 0 Å². The number of hydrogen-bond acceptors (Lipinski definition) is 4. The topological polar surface area (TPSA) is 108 Å². The van der Waals surface area contributed by atoms with Crippen LogP contribution in [-0.4, -0.2) is 32.2 Å². The number of aromatic hydroxyl groups is 1. The Morgan fingerprint density at radius 1 is 1.17 bits per heavy atom. The highest BCUT2D eigenvalue weighted by atomic mass is 35.5. The minimum absolute atomic E-state index is 0.113. The average molecular weight is 268 g/mol. The van der Waals surface area contributed by atoms with Crippen molar-refractivity contribution in [2.45, 2.75) is 0 Å². The number of hydrogen-bond donors (Lipinski definition) is 3. The predicted molar refractivity (Wildman–Crippen MR) is 62.3 cm³/mol. The summed E-state index contributed by atoms with van der Waals surface area (Å²) < 4.78 is 0. The van der Waals surface area contributed by atoms with Crippen LogP contribution in [0.2, 0.25) is 5.02 Å². The molecule has 92 valence electrons. The van der Waals surface area contributed by atoms with E-state index in [0.29, 0.717) is 5.02 Å². The molecule has 0 saturated carbocycles. The number of aromatic nitrogens is 1. The number of carbonyl (C=O) groups is 2. The number of benzene rings is 1. The van der Waals surface area contributed by atoms with Crippen LogP contribution in [0.25, 0.3) is 10.9 Å². The summed E-state index contributed by atoms with van der Waals surface area (Å²) in [7, 11) is 0. The summed E-state index contributed by atoms with van der Waals surface area (Å²) in [5, 5.41) is 28.1. The third-order valence-corrected chi connectivity index (χ3v) is 2.57. The van der Waals surface area contributed by atoms with E-state index in [9.17, 15) is 14.7 Å². The molecule has 0 amide bonds. The van der Waals surface area contributed by atoms with E-state index < -0.39 is 28.9 Å². The Morgan fingerprint density at radius 3 is 2.39 bits per heavy atom. The van der Waals surface area contributed by atoms with E-state index in [2.05, 4.69) is 4.98 Å². The first-order chi connectivity index (χ1) is 8.41. The fourth-order valence-electron chi connectivity index (χ4n) is 1.58. The number of aromatic carboxylic acids is 2. The van der Waals surface area contributed by atoms with E-state index in [0.717, 1.165) is 0 Å². The van der Waals surface area contributed by atoms with Crippen LogP contribution in [0.3, 0.4) is 0 Å². The van der Waals surface area contributed by atoms with Crippen LogP contribution in [0, 0.1) is 0 Å². The fraction of sp³-hybridized carbons (Fsp3) is 0. The minimum Gasteiger partial charge on any atom is -0.506 e. The average Bonchev–Trinajstić information content (AvgIpc) is 2.27. The van der Waals surface area contributed by atoms with Gasteiger partial charge in [-0.05, 0) is 18.2 Å². The molecule has 0 atom stereocenters. The van der Waals surface area contributed by atoms with Crippen molar-refractivity contribution in [3.8, 4) is 5.75 Å². The summed E-state index contributed by atoms with van der Waals surface area (Å²) in [6.07, 6.45) is 0. The second kappa shape index (κ2) is 4.15. The molecule has 0 fully saturated rings. The smallest absolute Gasteiger partial charge is 0.355 e. The second-order valence-electron chi connectivity index (χ2n) is 3.46. The van der Waals surface area contributed by atoms with Gasteiger partial charge in [-0.1, -0.05) is 11.6 Å². The number of nitrogens with zero attached hydrogens (tertiary/aromatic N) is 1. The Kier molecular flexibility index (Phi) is 2.80. The van der Waals surface area contributed by atoms with Gasteiger partial charge in [0.05, 0.1) is 5.52 Å². The van der Waals surface area contributed by atoms with Crippen LogP contribution in [-0.2, 0) is 0 Å². The molecule has 7 heteroatoms. The van der Waals surface area contributed by atoms with Crippen molar-refractivity contribution in [2.24, 2.45) is 0 Å². The maximum atomic E-state index is 11.0. The largest absolute Gasteiger partial charge is 0.506 e. The number of rotatable bonds is 2. The Bertz CT molecular complexity index is 683. The molecule has 0 bridgehead atoms. The van der Waals surface area contributed by atoms with E-state index in [-0.39, 0.29) is 10.9 Å². The monoisotopic (exact) mass is 267 g/mol. The van der Waals surface area contributed by atoms with Gasteiger partial charge in [0.2, 0.25) is 0 Å². The molecule has 0 aliphatic heterocycles. The molecule has 0 spiro atoms. The van der Waals surface area contributed by atoms with Crippen molar-refractivity contribution < 1.29 is 24.9 Å². The van der Waals surface area contributed by atoms with Gasteiger partial charge in [-0.3, -0.25) is 0 Å². The number of carboxylic acids is 2. The summed E-state index contributed by atoms with van der Waals surface area (Å²) >= 11 is 5.72. The Labute approximate surface area is 105 Å². The maximum Gasteiger partial charge on any atom is 0.355 e. The van der Waals surface area contributed by atoms with Gasteiger partial charge in [0, 0.05) is 10.4 Å². The molecule has 6 nitrogen and oxygen atoms in total. The van der Waals surface area contributed by atoms with Crippen molar-refractivity contribution >= 4 is 34.4 Å². The molecule has 0 aliphatic rings. The molecule has 0 unspecified atom stereocenters. The standard InChI is InChI=1S/C11H6ClNO5/c12-4-1-2-5-6(3-4)13-8(11(17)18)7(9(5)14)10(15)16/h1-3H,(H,13,14)(H,15,16)(H,17,18). The fourth-order valence-corrected chi connectivity index (χ4v) is 1.74. The number of halogens is 1. The van der Waals surface area contributed by atoms with Crippen molar-refractivity contribution in [2.75, 3.05) is 0 Å². The summed E-state index contributed by atoms with van der Waals surface area (Å²) in [6.45, 7) is 0. The van der Waals surface area contributed by atoms with Crippen LogP contribution in [0.5, 0.6) is 5.75 Å². The molecule has 0 saturated heterocycles. The zero-order chi connectivity index (χ0) is 13.4. The maximum absolute atomic E-state index is 11.0. The van der Waals surface area contributed by atoms with Crippen LogP contribution >= 0.6 is 11.6 Å². The predicted octanol–water partition coefficient (Wildman–Crippen LogP) is 1.99. The summed E-state index contributed by atoms with van der Waals surface area (Å²) in [5.41, 5.74) is -1.35. The lowest BCUT2D eigenvalue weighted by Crippen LogP contribution is -2.11. The lowest BCUT2D eigenvalue weighted by molar-refractivity contribution is 0.0644. The molecule has 1 heterocycles. The molecule has 2 aromatic rings. The van der Waals surface area contributed by atoms with Crippen LogP contribution in [0.15, 0.2) is 18.2 Å². The van der Waals surface area contributed by atoms with Gasteiger partial charge in [-0.15, -0.1) is 0 Å². The number of carboxylic acid groups (broad SMARTS) is 2. The van der Waals surface area contributed by atoms with Crippen LogP contribution < -0.4 is 0 Å². The van der Waals surface area contributed by atoms with E-state index >= 15 is 0 Å². The molecule has 2 rings (SSSR count). The minimum atomic E-state index is -1.56. The van der Waals surface area contributed by atoms with Gasteiger partial charge >= 0.3 is 11.9 Å². The zero-order valence-electron chi connectivity index (χ0n) is 8.72. The highest BCUT2D eigenvalue weighted by molar-refractivity contribution is 6.31. The first-order valence-corrected chi connectivity index (χ1v) is 5.08. The van der Waals surface area contributed by atoms with Gasteiger partial charge in [0.25, 0.3) is 0 Å². The molecule has 1 aromatic carbocycles. The van der Waals surface area contributed by atoms with Crippen molar-refractivity contribution in [1.82, 2.24) is 4.98 Å². The lowest BCUT2D eigenvalue weighted by Gasteiger charge is -2.07. The molecule has 18 heavy (non-hydrogen) atoms. The summed E-state index contributed by atoms with van der Waals surface area (Å²) in [6, 6.07) is 4.16. The third-order valence-electron chi connectivity index (χ3n) is 2.34. The van der Waals surface area contributed by atoms with Gasteiger partial charge < -0.3 is 15.3 Å². The molecule has 3 N–H and O–H groups in total. The molecule has 0 aliphatic carbocycles. The van der Waals surface area contributed by atoms with Crippen molar-refractivity contribution in [3.63, 3.8) is 0 Å². The Balaban J connectivity index is 2.94. The van der Waals surface area contributed by atoms with E-state index in [1.54, 1.807) is 0 Å². The quantitative estimate of drug-likeness (QED) is 0.768. The van der Waals surface area contributed by atoms with Gasteiger partial charge in [-0.2, -0.15) is 0 Å². The molecular formula is C11H6ClNO5. The zero-order valence-corrected chi connectivity index (χ0v) is 9.47. The Hall–Kier alpha value is -2.34. The van der Waals surface area contributed by atoms with Gasteiger partial charge in [0.15, 0.2) is 5.69 Å². The first-order valence-electron chi connectivity index (χ1n) is 4.70. The van der Waals surface area contributed by atoms with Gasteiger partial charge in [0.1, 0.15) is 11.3 Å². The van der Waals surface area contributed by atoms with Gasteiger partial charge in [-0.25, -0.2) is 14.6 Å².